The zero-order valence-electron chi connectivity index (χ0n) is 12.9. The van der Waals surface area contributed by atoms with E-state index in [1.54, 1.807) is 12.1 Å². The van der Waals surface area contributed by atoms with E-state index in [2.05, 4.69) is 18.7 Å². The molecule has 2 N–H and O–H groups in total. The molecule has 0 aliphatic rings. The third-order valence-corrected chi connectivity index (χ3v) is 3.87. The van der Waals surface area contributed by atoms with Crippen LogP contribution in [0.15, 0.2) is 24.3 Å². The smallest absolute Gasteiger partial charge is 0.125 e. The number of benzene rings is 1. The summed E-state index contributed by atoms with van der Waals surface area (Å²) in [7, 11) is 0. The molecule has 0 aliphatic heterocycles. The second-order valence-electron chi connectivity index (χ2n) is 5.43. The Kier molecular flexibility index (Phi) is 8.28. The molecule has 20 heavy (non-hydrogen) atoms. The normalized spacial score (nSPS) is 12.4. The van der Waals surface area contributed by atoms with E-state index in [1.165, 1.54) is 25.3 Å². The first-order chi connectivity index (χ1) is 9.71. The van der Waals surface area contributed by atoms with Gasteiger partial charge < -0.3 is 10.6 Å². The molecule has 0 bridgehead atoms. The summed E-state index contributed by atoms with van der Waals surface area (Å²) in [6.07, 6.45) is 5.99. The first-order valence-electron chi connectivity index (χ1n) is 7.91. The van der Waals surface area contributed by atoms with Crippen molar-refractivity contribution in [2.24, 2.45) is 11.7 Å². The molecule has 3 heteroatoms. The van der Waals surface area contributed by atoms with Crippen LogP contribution in [-0.4, -0.2) is 19.6 Å². The van der Waals surface area contributed by atoms with Crippen LogP contribution in [0.3, 0.4) is 0 Å². The number of rotatable bonds is 10. The van der Waals surface area contributed by atoms with Crippen molar-refractivity contribution >= 4 is 5.69 Å². The Labute approximate surface area is 123 Å². The van der Waals surface area contributed by atoms with E-state index in [4.69, 9.17) is 5.73 Å². The van der Waals surface area contributed by atoms with Crippen LogP contribution in [0.25, 0.3) is 0 Å². The van der Waals surface area contributed by atoms with Crippen LogP contribution in [0, 0.1) is 11.7 Å². The number of anilines is 1. The van der Waals surface area contributed by atoms with E-state index >= 15 is 0 Å². The average Bonchev–Trinajstić information content (AvgIpc) is 2.44. The van der Waals surface area contributed by atoms with Gasteiger partial charge in [0.2, 0.25) is 0 Å². The number of halogens is 1. The van der Waals surface area contributed by atoms with Crippen molar-refractivity contribution in [3.05, 3.63) is 30.1 Å². The van der Waals surface area contributed by atoms with Crippen LogP contribution in [0.5, 0.6) is 0 Å². The molecule has 0 saturated carbocycles. The van der Waals surface area contributed by atoms with Crippen molar-refractivity contribution in [1.82, 2.24) is 0 Å². The van der Waals surface area contributed by atoms with Gasteiger partial charge in [-0.1, -0.05) is 25.8 Å². The summed E-state index contributed by atoms with van der Waals surface area (Å²) < 4.78 is 13.3. The Morgan fingerprint density at radius 2 is 2.00 bits per heavy atom. The molecule has 0 saturated heterocycles. The van der Waals surface area contributed by atoms with Gasteiger partial charge in [-0.05, 0) is 56.8 Å². The Balaban J connectivity index is 2.44. The molecule has 0 heterocycles. The molecule has 0 spiro atoms. The maximum Gasteiger partial charge on any atom is 0.125 e. The highest BCUT2D eigenvalue weighted by atomic mass is 19.1. The third-order valence-electron chi connectivity index (χ3n) is 3.87. The summed E-state index contributed by atoms with van der Waals surface area (Å²) in [6, 6.07) is 6.88. The van der Waals surface area contributed by atoms with Crippen molar-refractivity contribution in [2.75, 3.05) is 24.5 Å². The van der Waals surface area contributed by atoms with E-state index in [0.717, 1.165) is 44.1 Å². The predicted octanol–water partition coefficient (Wildman–Crippen LogP) is 4.20. The maximum atomic E-state index is 13.3. The molecular weight excluding hydrogens is 251 g/mol. The monoisotopic (exact) mass is 280 g/mol. The van der Waals surface area contributed by atoms with Crippen LogP contribution in [0.2, 0.25) is 0 Å². The molecule has 0 fully saturated rings. The van der Waals surface area contributed by atoms with Gasteiger partial charge in [-0.15, -0.1) is 0 Å². The van der Waals surface area contributed by atoms with Gasteiger partial charge in [-0.3, -0.25) is 0 Å². The SMILES string of the molecule is CCCC(CCN)CCCN(CC)c1cccc(F)c1. The molecule has 1 rings (SSSR count). The fourth-order valence-electron chi connectivity index (χ4n) is 2.79. The highest BCUT2D eigenvalue weighted by Crippen LogP contribution is 2.20. The largest absolute Gasteiger partial charge is 0.372 e. The van der Waals surface area contributed by atoms with E-state index in [-0.39, 0.29) is 5.82 Å². The van der Waals surface area contributed by atoms with Gasteiger partial charge in [0.1, 0.15) is 5.82 Å². The molecule has 114 valence electrons. The van der Waals surface area contributed by atoms with Crippen LogP contribution in [0.4, 0.5) is 10.1 Å². The van der Waals surface area contributed by atoms with Gasteiger partial charge >= 0.3 is 0 Å². The highest BCUT2D eigenvalue weighted by Gasteiger charge is 2.09. The first kappa shape index (κ1) is 17.0. The lowest BCUT2D eigenvalue weighted by molar-refractivity contribution is 0.409. The Morgan fingerprint density at radius 3 is 2.60 bits per heavy atom. The van der Waals surface area contributed by atoms with E-state index in [0.29, 0.717) is 0 Å². The molecule has 0 aliphatic carbocycles. The molecular formula is C17H29FN2. The van der Waals surface area contributed by atoms with Gasteiger partial charge in [-0.2, -0.15) is 0 Å². The summed E-state index contributed by atoms with van der Waals surface area (Å²) in [5, 5.41) is 0. The molecule has 1 aromatic carbocycles. The molecule has 2 nitrogen and oxygen atoms in total. The quantitative estimate of drug-likeness (QED) is 0.696. The van der Waals surface area contributed by atoms with Gasteiger partial charge in [0.15, 0.2) is 0 Å². The van der Waals surface area contributed by atoms with Gasteiger partial charge in [-0.25, -0.2) is 4.39 Å². The second-order valence-corrected chi connectivity index (χ2v) is 5.43. The summed E-state index contributed by atoms with van der Waals surface area (Å²) >= 11 is 0. The van der Waals surface area contributed by atoms with Crippen molar-refractivity contribution in [3.63, 3.8) is 0 Å². The zero-order valence-corrected chi connectivity index (χ0v) is 12.9. The Bertz CT molecular complexity index is 362. The lowest BCUT2D eigenvalue weighted by Crippen LogP contribution is -2.24. The predicted molar refractivity (Wildman–Crippen MR) is 85.6 cm³/mol. The Morgan fingerprint density at radius 1 is 1.20 bits per heavy atom. The van der Waals surface area contributed by atoms with Crippen LogP contribution >= 0.6 is 0 Å². The summed E-state index contributed by atoms with van der Waals surface area (Å²) in [5.41, 5.74) is 6.66. The number of hydrogen-bond acceptors (Lipinski definition) is 2. The van der Waals surface area contributed by atoms with Crippen molar-refractivity contribution in [2.45, 2.75) is 46.0 Å². The summed E-state index contributed by atoms with van der Waals surface area (Å²) in [6.45, 7) is 7.04. The maximum absolute atomic E-state index is 13.3. The number of hydrogen-bond donors (Lipinski definition) is 1. The average molecular weight is 280 g/mol. The zero-order chi connectivity index (χ0) is 14.8. The lowest BCUT2D eigenvalue weighted by atomic mass is 9.94. The van der Waals surface area contributed by atoms with Crippen LogP contribution in [-0.2, 0) is 0 Å². The highest BCUT2D eigenvalue weighted by molar-refractivity contribution is 5.46. The van der Waals surface area contributed by atoms with E-state index in [1.807, 2.05) is 6.07 Å². The molecule has 0 aromatic heterocycles. The van der Waals surface area contributed by atoms with Gasteiger partial charge in [0.05, 0.1) is 0 Å². The molecule has 1 atom stereocenters. The van der Waals surface area contributed by atoms with Crippen molar-refractivity contribution < 1.29 is 4.39 Å². The second kappa shape index (κ2) is 9.76. The third kappa shape index (κ3) is 5.91. The van der Waals surface area contributed by atoms with E-state index < -0.39 is 0 Å². The fraction of sp³-hybridized carbons (Fsp3) is 0.647. The standard InChI is InChI=1S/C17H29FN2/c1-3-7-15(11-12-19)8-6-13-20(4-2)17-10-5-9-16(18)14-17/h5,9-10,14-15H,3-4,6-8,11-13,19H2,1-2H3. The summed E-state index contributed by atoms with van der Waals surface area (Å²) in [5.74, 6) is 0.587. The van der Waals surface area contributed by atoms with Crippen LogP contribution < -0.4 is 10.6 Å². The van der Waals surface area contributed by atoms with Gasteiger partial charge in [0, 0.05) is 18.8 Å². The minimum absolute atomic E-state index is 0.159. The Hall–Kier alpha value is -1.09. The molecule has 0 amide bonds. The molecule has 0 radical (unpaired) electrons. The minimum Gasteiger partial charge on any atom is -0.372 e. The van der Waals surface area contributed by atoms with Gasteiger partial charge in [0.25, 0.3) is 0 Å². The molecule has 1 aromatic rings. The summed E-state index contributed by atoms with van der Waals surface area (Å²) in [4.78, 5) is 2.24. The lowest BCUT2D eigenvalue weighted by Gasteiger charge is -2.24. The van der Waals surface area contributed by atoms with Crippen molar-refractivity contribution in [1.29, 1.82) is 0 Å². The topological polar surface area (TPSA) is 29.3 Å². The van der Waals surface area contributed by atoms with Crippen molar-refractivity contribution in [3.8, 4) is 0 Å². The van der Waals surface area contributed by atoms with Crippen LogP contribution in [0.1, 0.15) is 46.0 Å². The number of nitrogens with zero attached hydrogens (tertiary/aromatic N) is 1. The molecule has 1 unspecified atom stereocenters. The first-order valence-corrected chi connectivity index (χ1v) is 7.91. The number of nitrogens with two attached hydrogens (primary N) is 1. The minimum atomic E-state index is -0.159. The van der Waals surface area contributed by atoms with E-state index in [9.17, 15) is 4.39 Å². The fourth-order valence-corrected chi connectivity index (χ4v) is 2.79.